The number of pyridine rings is 1. The summed E-state index contributed by atoms with van der Waals surface area (Å²) in [5.74, 6) is 0.257. The standard InChI is InChI=1S/C24H21N3O4S/c28-24(25-17-9-11-18(12-10-17)32(29,30)27-13-3-4-14-27)20-16-22(23-8-5-15-31-23)26-21-7-2-1-6-19(20)21/h1-2,5-12,15-16H,3-4,13-14H2,(H,25,28). The third-order valence-electron chi connectivity index (χ3n) is 5.55. The molecule has 0 bridgehead atoms. The van der Waals surface area contributed by atoms with Crippen LogP contribution in [0.4, 0.5) is 5.69 Å². The normalized spacial score (nSPS) is 14.6. The molecule has 0 atom stereocenters. The van der Waals surface area contributed by atoms with Crippen molar-refractivity contribution in [1.82, 2.24) is 9.29 Å². The van der Waals surface area contributed by atoms with Gasteiger partial charge in [0.25, 0.3) is 5.91 Å². The van der Waals surface area contributed by atoms with Gasteiger partial charge in [-0.3, -0.25) is 4.79 Å². The summed E-state index contributed by atoms with van der Waals surface area (Å²) in [6.07, 6.45) is 3.32. The van der Waals surface area contributed by atoms with Gasteiger partial charge in [-0.1, -0.05) is 18.2 Å². The fraction of sp³-hybridized carbons (Fsp3) is 0.167. The largest absolute Gasteiger partial charge is 0.463 e. The van der Waals surface area contributed by atoms with E-state index in [2.05, 4.69) is 10.3 Å². The number of hydrogen-bond donors (Lipinski definition) is 1. The molecule has 1 N–H and O–H groups in total. The van der Waals surface area contributed by atoms with Crippen LogP contribution in [0.5, 0.6) is 0 Å². The zero-order valence-corrected chi connectivity index (χ0v) is 18.0. The van der Waals surface area contributed by atoms with Crippen molar-refractivity contribution in [2.45, 2.75) is 17.7 Å². The molecule has 2 aromatic carbocycles. The van der Waals surface area contributed by atoms with Crippen LogP contribution in [0.1, 0.15) is 23.2 Å². The summed E-state index contributed by atoms with van der Waals surface area (Å²) >= 11 is 0. The maximum Gasteiger partial charge on any atom is 0.256 e. The van der Waals surface area contributed by atoms with Crippen molar-refractivity contribution in [1.29, 1.82) is 0 Å². The van der Waals surface area contributed by atoms with Crippen molar-refractivity contribution in [2.24, 2.45) is 0 Å². The van der Waals surface area contributed by atoms with E-state index in [0.717, 1.165) is 12.8 Å². The van der Waals surface area contributed by atoms with E-state index in [0.29, 0.717) is 46.7 Å². The zero-order valence-electron chi connectivity index (χ0n) is 17.2. The molecule has 0 aliphatic carbocycles. The van der Waals surface area contributed by atoms with Crippen molar-refractivity contribution in [3.05, 3.63) is 78.6 Å². The van der Waals surface area contributed by atoms with Gasteiger partial charge in [-0.2, -0.15) is 4.31 Å². The number of carbonyl (C=O) groups is 1. The third-order valence-corrected chi connectivity index (χ3v) is 7.46. The minimum Gasteiger partial charge on any atom is -0.463 e. The van der Waals surface area contributed by atoms with Gasteiger partial charge >= 0.3 is 0 Å². The summed E-state index contributed by atoms with van der Waals surface area (Å²) in [4.78, 5) is 18.0. The number of anilines is 1. The number of sulfonamides is 1. The fourth-order valence-corrected chi connectivity index (χ4v) is 5.42. The minimum absolute atomic E-state index is 0.229. The number of furan rings is 1. The van der Waals surface area contributed by atoms with Gasteiger partial charge in [0.1, 0.15) is 5.69 Å². The molecule has 8 heteroatoms. The quantitative estimate of drug-likeness (QED) is 0.485. The minimum atomic E-state index is -3.49. The summed E-state index contributed by atoms with van der Waals surface area (Å²) in [6, 6.07) is 18.9. The Morgan fingerprint density at radius 2 is 1.72 bits per heavy atom. The average Bonchev–Trinajstić information content (AvgIpc) is 3.53. The molecular weight excluding hydrogens is 426 g/mol. The molecule has 1 fully saturated rings. The highest BCUT2D eigenvalue weighted by Gasteiger charge is 2.27. The highest BCUT2D eigenvalue weighted by molar-refractivity contribution is 7.89. The second-order valence-electron chi connectivity index (χ2n) is 7.64. The van der Waals surface area contributed by atoms with Crippen molar-refractivity contribution < 1.29 is 17.6 Å². The van der Waals surface area contributed by atoms with Crippen molar-refractivity contribution in [3.63, 3.8) is 0 Å². The van der Waals surface area contributed by atoms with Crippen molar-refractivity contribution in [2.75, 3.05) is 18.4 Å². The molecule has 1 aliphatic rings. The lowest BCUT2D eigenvalue weighted by molar-refractivity contribution is 0.102. The maximum atomic E-state index is 13.1. The van der Waals surface area contributed by atoms with E-state index in [1.54, 1.807) is 36.6 Å². The van der Waals surface area contributed by atoms with Gasteiger partial charge in [-0.15, -0.1) is 0 Å². The summed E-state index contributed by atoms with van der Waals surface area (Å²) in [6.45, 7) is 1.10. The summed E-state index contributed by atoms with van der Waals surface area (Å²) in [7, 11) is -3.49. The lowest BCUT2D eigenvalue weighted by Gasteiger charge is -2.16. The van der Waals surface area contributed by atoms with Gasteiger partial charge in [0.15, 0.2) is 5.76 Å². The van der Waals surface area contributed by atoms with E-state index in [1.165, 1.54) is 16.4 Å². The lowest BCUT2D eigenvalue weighted by Crippen LogP contribution is -2.27. The Morgan fingerprint density at radius 1 is 0.969 bits per heavy atom. The van der Waals surface area contributed by atoms with E-state index in [1.807, 2.05) is 24.3 Å². The van der Waals surface area contributed by atoms with Crippen LogP contribution in [-0.4, -0.2) is 36.7 Å². The van der Waals surface area contributed by atoms with Crippen LogP contribution in [0.3, 0.4) is 0 Å². The number of para-hydroxylation sites is 1. The molecule has 1 aliphatic heterocycles. The van der Waals surface area contributed by atoms with Gasteiger partial charge in [-0.05, 0) is 61.4 Å². The van der Waals surface area contributed by atoms with Gasteiger partial charge in [0.05, 0.1) is 22.2 Å². The molecule has 0 unspecified atom stereocenters. The lowest BCUT2D eigenvalue weighted by atomic mass is 10.1. The van der Waals surface area contributed by atoms with E-state index in [4.69, 9.17) is 4.42 Å². The van der Waals surface area contributed by atoms with Gasteiger partial charge in [-0.25, -0.2) is 13.4 Å². The SMILES string of the molecule is O=C(Nc1ccc(S(=O)(=O)N2CCCC2)cc1)c1cc(-c2ccco2)nc2ccccc12. The Hall–Kier alpha value is -3.49. The Bertz CT molecular complexity index is 1370. The van der Waals surface area contributed by atoms with Crippen molar-refractivity contribution in [3.8, 4) is 11.5 Å². The molecule has 7 nitrogen and oxygen atoms in total. The van der Waals surface area contributed by atoms with Crippen LogP contribution >= 0.6 is 0 Å². The Kier molecular flexibility index (Phi) is 5.24. The van der Waals surface area contributed by atoms with E-state index in [-0.39, 0.29) is 10.8 Å². The number of fused-ring (bicyclic) bond motifs is 1. The van der Waals surface area contributed by atoms with Gasteiger partial charge < -0.3 is 9.73 Å². The first-order valence-corrected chi connectivity index (χ1v) is 11.8. The monoisotopic (exact) mass is 447 g/mol. The number of carbonyl (C=O) groups excluding carboxylic acids is 1. The second kappa shape index (κ2) is 8.22. The van der Waals surface area contributed by atoms with Gasteiger partial charge in [0.2, 0.25) is 10.0 Å². The first kappa shape index (κ1) is 20.4. The summed E-state index contributed by atoms with van der Waals surface area (Å²) in [5, 5.41) is 3.58. The van der Waals surface area contributed by atoms with Crippen LogP contribution in [0.25, 0.3) is 22.4 Å². The van der Waals surface area contributed by atoms with Gasteiger partial charge in [0, 0.05) is 24.2 Å². The zero-order chi connectivity index (χ0) is 22.1. The molecule has 3 heterocycles. The molecule has 2 aromatic heterocycles. The number of amides is 1. The molecule has 0 saturated carbocycles. The topological polar surface area (TPSA) is 92.5 Å². The molecule has 4 aromatic rings. The van der Waals surface area contributed by atoms with E-state index < -0.39 is 10.0 Å². The number of rotatable bonds is 5. The highest BCUT2D eigenvalue weighted by atomic mass is 32.2. The van der Waals surface area contributed by atoms with E-state index >= 15 is 0 Å². The highest BCUT2D eigenvalue weighted by Crippen LogP contribution is 2.27. The Balaban J connectivity index is 1.44. The van der Waals surface area contributed by atoms with E-state index in [9.17, 15) is 13.2 Å². The Labute approximate surface area is 185 Å². The van der Waals surface area contributed by atoms with Crippen LogP contribution in [0.15, 0.2) is 82.3 Å². The number of benzene rings is 2. The van der Waals surface area contributed by atoms with Crippen LogP contribution < -0.4 is 5.32 Å². The summed E-state index contributed by atoms with van der Waals surface area (Å²) in [5.41, 5.74) is 2.20. The summed E-state index contributed by atoms with van der Waals surface area (Å²) < 4.78 is 32.4. The predicted octanol–water partition coefficient (Wildman–Crippen LogP) is 4.53. The van der Waals surface area contributed by atoms with Crippen LogP contribution in [-0.2, 0) is 10.0 Å². The van der Waals surface area contributed by atoms with Crippen LogP contribution in [0, 0.1) is 0 Å². The second-order valence-corrected chi connectivity index (χ2v) is 9.58. The smallest absolute Gasteiger partial charge is 0.256 e. The number of hydrogen-bond acceptors (Lipinski definition) is 5. The number of aromatic nitrogens is 1. The maximum absolute atomic E-state index is 13.1. The Morgan fingerprint density at radius 3 is 2.44 bits per heavy atom. The fourth-order valence-electron chi connectivity index (χ4n) is 3.90. The molecular formula is C24H21N3O4S. The average molecular weight is 448 g/mol. The van der Waals surface area contributed by atoms with Crippen LogP contribution in [0.2, 0.25) is 0 Å². The third kappa shape index (κ3) is 3.79. The molecule has 162 valence electrons. The number of nitrogens with one attached hydrogen (secondary N) is 1. The molecule has 32 heavy (non-hydrogen) atoms. The number of nitrogens with zero attached hydrogens (tertiary/aromatic N) is 2. The first-order chi connectivity index (χ1) is 15.5. The molecule has 0 spiro atoms. The molecule has 0 radical (unpaired) electrons. The predicted molar refractivity (Wildman–Crippen MR) is 122 cm³/mol. The first-order valence-electron chi connectivity index (χ1n) is 10.4. The molecule has 5 rings (SSSR count). The van der Waals surface area contributed by atoms with Crippen molar-refractivity contribution >= 4 is 32.5 Å². The molecule has 1 saturated heterocycles. The molecule has 1 amide bonds.